The minimum atomic E-state index is -0.427. The molecule has 27 heavy (non-hydrogen) atoms. The van der Waals surface area contributed by atoms with Crippen molar-refractivity contribution in [2.75, 3.05) is 0 Å². The summed E-state index contributed by atoms with van der Waals surface area (Å²) < 4.78 is 1.78. The molecule has 4 rings (SSSR count). The van der Waals surface area contributed by atoms with Gasteiger partial charge >= 0.3 is 0 Å². The first-order valence-electron chi connectivity index (χ1n) is 10.5. The van der Waals surface area contributed by atoms with Crippen molar-refractivity contribution in [1.29, 1.82) is 0 Å². The molecule has 0 radical (unpaired) electrons. The Hall–Kier alpha value is -1.85. The van der Waals surface area contributed by atoms with Crippen LogP contribution in [-0.2, 0) is 11.8 Å². The van der Waals surface area contributed by atoms with Crippen molar-refractivity contribution in [3.8, 4) is 0 Å². The van der Waals surface area contributed by atoms with Crippen molar-refractivity contribution in [2.45, 2.75) is 83.3 Å². The molecular weight excluding hydrogens is 340 g/mol. The third-order valence-electron chi connectivity index (χ3n) is 7.05. The highest BCUT2D eigenvalue weighted by molar-refractivity contribution is 5.94. The molecule has 6 heteroatoms. The second kappa shape index (κ2) is 6.95. The van der Waals surface area contributed by atoms with Crippen LogP contribution in [0.4, 0.5) is 0 Å². The average Bonchev–Trinajstić information content (AvgIpc) is 3.28. The number of nitrogens with one attached hydrogen (secondary N) is 1. The van der Waals surface area contributed by atoms with Gasteiger partial charge in [0.25, 0.3) is 5.91 Å². The number of fused-ring (bicyclic) bond motifs is 2. The van der Waals surface area contributed by atoms with Crippen molar-refractivity contribution in [1.82, 2.24) is 19.8 Å². The summed E-state index contributed by atoms with van der Waals surface area (Å²) in [7, 11) is 1.85. The van der Waals surface area contributed by atoms with Crippen LogP contribution in [0, 0.1) is 11.3 Å². The number of nitrogens with zero attached hydrogens (tertiary/aromatic N) is 3. The van der Waals surface area contributed by atoms with E-state index in [9.17, 15) is 9.59 Å². The Morgan fingerprint density at radius 2 is 2.07 bits per heavy atom. The molecule has 0 spiro atoms. The minimum absolute atomic E-state index is 0.00512. The van der Waals surface area contributed by atoms with Crippen LogP contribution in [0.5, 0.6) is 0 Å². The molecule has 3 fully saturated rings. The summed E-state index contributed by atoms with van der Waals surface area (Å²) in [6.07, 6.45) is 11.5. The number of hydrogen-bond donors (Lipinski definition) is 1. The fraction of sp³-hybridized carbons (Fsp3) is 0.762. The fourth-order valence-corrected chi connectivity index (χ4v) is 5.23. The van der Waals surface area contributed by atoms with E-state index in [0.29, 0.717) is 17.8 Å². The van der Waals surface area contributed by atoms with Crippen molar-refractivity contribution < 1.29 is 9.59 Å². The quantitative estimate of drug-likeness (QED) is 0.835. The van der Waals surface area contributed by atoms with Crippen LogP contribution < -0.4 is 5.32 Å². The van der Waals surface area contributed by atoms with E-state index in [4.69, 9.17) is 0 Å². The first kappa shape index (κ1) is 18.5. The Bertz CT molecular complexity index is 724. The van der Waals surface area contributed by atoms with Gasteiger partial charge in [-0.15, -0.1) is 0 Å². The van der Waals surface area contributed by atoms with Crippen LogP contribution in [0.3, 0.4) is 0 Å². The largest absolute Gasteiger partial charge is 0.353 e. The van der Waals surface area contributed by atoms with E-state index in [0.717, 1.165) is 44.9 Å². The number of rotatable bonds is 6. The first-order valence-corrected chi connectivity index (χ1v) is 10.5. The van der Waals surface area contributed by atoms with Crippen molar-refractivity contribution >= 4 is 11.8 Å². The van der Waals surface area contributed by atoms with Crippen LogP contribution in [0.15, 0.2) is 12.4 Å². The van der Waals surface area contributed by atoms with Crippen molar-refractivity contribution in [2.24, 2.45) is 18.4 Å². The van der Waals surface area contributed by atoms with E-state index in [-0.39, 0.29) is 23.9 Å². The molecule has 1 saturated carbocycles. The molecule has 148 valence electrons. The molecule has 1 N–H and O–H groups in total. The predicted molar refractivity (Wildman–Crippen MR) is 103 cm³/mol. The number of aryl methyl sites for hydroxylation is 1. The van der Waals surface area contributed by atoms with Crippen LogP contribution >= 0.6 is 0 Å². The SMILES string of the molecule is CC(C)CC[C@]1(C(=O)NC2CCC2)C[C@H]2CC[C@@H]1N2C(=O)c1nccn1C. The van der Waals surface area contributed by atoms with Gasteiger partial charge in [-0.1, -0.05) is 13.8 Å². The molecule has 3 atom stereocenters. The molecule has 1 aliphatic carbocycles. The highest BCUT2D eigenvalue weighted by Crippen LogP contribution is 2.53. The monoisotopic (exact) mass is 372 g/mol. The van der Waals surface area contributed by atoms with Gasteiger partial charge < -0.3 is 14.8 Å². The number of hydrogen-bond acceptors (Lipinski definition) is 3. The van der Waals surface area contributed by atoms with E-state index >= 15 is 0 Å². The van der Waals surface area contributed by atoms with Crippen LogP contribution in [0.1, 0.15) is 75.8 Å². The summed E-state index contributed by atoms with van der Waals surface area (Å²) in [6.45, 7) is 4.42. The Labute approximate surface area is 161 Å². The maximum atomic E-state index is 13.4. The molecule has 1 aromatic heterocycles. The number of carbonyl (C=O) groups excluding carboxylic acids is 2. The standard InChI is InChI=1S/C21H32N4O2/c1-14(2)9-10-21(20(27)23-15-5-4-6-15)13-16-7-8-17(21)25(16)19(26)18-22-11-12-24(18)3/h11-12,14-17H,4-10,13H2,1-3H3,(H,23,27)/t16-,17+,21+/m1/s1. The van der Waals surface area contributed by atoms with Gasteiger partial charge in [-0.3, -0.25) is 9.59 Å². The molecule has 0 aromatic carbocycles. The second-order valence-electron chi connectivity index (χ2n) is 9.22. The number of imidazole rings is 1. The fourth-order valence-electron chi connectivity index (χ4n) is 5.23. The van der Waals surface area contributed by atoms with Crippen LogP contribution in [0.2, 0.25) is 0 Å². The molecule has 3 aliphatic rings. The summed E-state index contributed by atoms with van der Waals surface area (Å²) in [6, 6.07) is 0.510. The topological polar surface area (TPSA) is 67.2 Å². The Balaban J connectivity index is 1.60. The maximum Gasteiger partial charge on any atom is 0.290 e. The molecule has 6 nitrogen and oxygen atoms in total. The average molecular weight is 373 g/mol. The maximum absolute atomic E-state index is 13.4. The molecular formula is C21H32N4O2. The minimum Gasteiger partial charge on any atom is -0.353 e. The van der Waals surface area contributed by atoms with E-state index in [2.05, 4.69) is 24.1 Å². The number of aromatic nitrogens is 2. The Morgan fingerprint density at radius 1 is 1.30 bits per heavy atom. The van der Waals surface area contributed by atoms with Gasteiger partial charge in [0.1, 0.15) is 0 Å². The zero-order valence-corrected chi connectivity index (χ0v) is 16.8. The van der Waals surface area contributed by atoms with Gasteiger partial charge in [0.15, 0.2) is 5.82 Å². The molecule has 0 unspecified atom stereocenters. The zero-order valence-electron chi connectivity index (χ0n) is 16.8. The molecule has 1 aromatic rings. The third kappa shape index (κ3) is 3.07. The summed E-state index contributed by atoms with van der Waals surface area (Å²) in [4.78, 5) is 32.9. The summed E-state index contributed by atoms with van der Waals surface area (Å²) in [5.41, 5.74) is -0.427. The van der Waals surface area contributed by atoms with Gasteiger partial charge in [0.2, 0.25) is 5.91 Å². The van der Waals surface area contributed by atoms with E-state index < -0.39 is 5.41 Å². The predicted octanol–water partition coefficient (Wildman–Crippen LogP) is 2.89. The Morgan fingerprint density at radius 3 is 2.67 bits per heavy atom. The molecule has 2 saturated heterocycles. The van der Waals surface area contributed by atoms with Crippen molar-refractivity contribution in [3.63, 3.8) is 0 Å². The van der Waals surface area contributed by atoms with E-state index in [1.807, 2.05) is 11.9 Å². The highest BCUT2D eigenvalue weighted by Gasteiger charge is 2.61. The Kier molecular flexibility index (Phi) is 4.77. The first-order chi connectivity index (χ1) is 12.9. The number of amides is 2. The lowest BCUT2D eigenvalue weighted by Gasteiger charge is -2.39. The summed E-state index contributed by atoms with van der Waals surface area (Å²) in [5, 5.41) is 3.32. The summed E-state index contributed by atoms with van der Waals surface area (Å²) >= 11 is 0. The lowest BCUT2D eigenvalue weighted by molar-refractivity contribution is -0.134. The normalized spacial score (nSPS) is 30.0. The molecule has 2 aliphatic heterocycles. The molecule has 2 amide bonds. The second-order valence-corrected chi connectivity index (χ2v) is 9.22. The lowest BCUT2D eigenvalue weighted by Crippen LogP contribution is -2.53. The third-order valence-corrected chi connectivity index (χ3v) is 7.05. The lowest BCUT2D eigenvalue weighted by atomic mass is 9.69. The van der Waals surface area contributed by atoms with Gasteiger partial charge in [-0.2, -0.15) is 0 Å². The van der Waals surface area contributed by atoms with Crippen molar-refractivity contribution in [3.05, 3.63) is 18.2 Å². The van der Waals surface area contributed by atoms with Crippen LogP contribution in [-0.4, -0.2) is 44.4 Å². The van der Waals surface area contributed by atoms with Gasteiger partial charge in [-0.25, -0.2) is 4.98 Å². The molecule has 2 bridgehead atoms. The van der Waals surface area contributed by atoms with Gasteiger partial charge in [0.05, 0.1) is 5.41 Å². The van der Waals surface area contributed by atoms with E-state index in [1.165, 1.54) is 6.42 Å². The number of carbonyl (C=O) groups is 2. The van der Waals surface area contributed by atoms with Crippen LogP contribution in [0.25, 0.3) is 0 Å². The smallest absolute Gasteiger partial charge is 0.290 e. The highest BCUT2D eigenvalue weighted by atomic mass is 16.2. The zero-order chi connectivity index (χ0) is 19.2. The summed E-state index contributed by atoms with van der Waals surface area (Å²) in [5.74, 6) is 1.21. The van der Waals surface area contributed by atoms with Gasteiger partial charge in [-0.05, 0) is 57.3 Å². The van der Waals surface area contributed by atoms with E-state index in [1.54, 1.807) is 17.0 Å². The molecule has 3 heterocycles. The van der Waals surface area contributed by atoms with Gasteiger partial charge in [0, 0.05) is 37.6 Å².